The summed E-state index contributed by atoms with van der Waals surface area (Å²) in [4.78, 5) is 0. The van der Waals surface area contributed by atoms with E-state index in [2.05, 4.69) is 47.2 Å². The lowest BCUT2D eigenvalue weighted by atomic mass is 9.78. The van der Waals surface area contributed by atoms with Crippen molar-refractivity contribution in [3.63, 3.8) is 0 Å². The highest BCUT2D eigenvalue weighted by Crippen LogP contribution is 2.38. The number of hydrogen-bond donors (Lipinski definition) is 1. The molecule has 0 aliphatic carbocycles. The van der Waals surface area contributed by atoms with Crippen LogP contribution in [0.3, 0.4) is 0 Å². The van der Waals surface area contributed by atoms with Crippen LogP contribution in [0.5, 0.6) is 0 Å². The highest BCUT2D eigenvalue weighted by molar-refractivity contribution is 7.81. The third-order valence-electron chi connectivity index (χ3n) is 2.54. The summed E-state index contributed by atoms with van der Waals surface area (Å²) in [6.45, 7) is 11.0. The Kier molecular flexibility index (Phi) is 2.63. The van der Waals surface area contributed by atoms with Crippen LogP contribution in [-0.2, 0) is 0 Å². The van der Waals surface area contributed by atoms with Gasteiger partial charge in [0.1, 0.15) is 0 Å². The van der Waals surface area contributed by atoms with Crippen molar-refractivity contribution in [1.29, 1.82) is 0 Å². The summed E-state index contributed by atoms with van der Waals surface area (Å²) in [5, 5.41) is 0. The summed E-state index contributed by atoms with van der Waals surface area (Å²) < 4.78 is 0.141. The van der Waals surface area contributed by atoms with Crippen molar-refractivity contribution in [2.45, 2.75) is 45.8 Å². The van der Waals surface area contributed by atoms with Gasteiger partial charge in [-0.1, -0.05) is 34.6 Å². The minimum absolute atomic E-state index is 0.141. The first-order valence-electron chi connectivity index (χ1n) is 3.53. The quantitative estimate of drug-likeness (QED) is 0.568. The van der Waals surface area contributed by atoms with E-state index >= 15 is 0 Å². The Labute approximate surface area is 64.4 Å². The number of rotatable bonds is 2. The molecule has 0 fully saturated rings. The molecule has 0 spiro atoms. The molecule has 0 N–H and O–H groups in total. The van der Waals surface area contributed by atoms with Crippen molar-refractivity contribution in [3.8, 4) is 0 Å². The van der Waals surface area contributed by atoms with Gasteiger partial charge in [-0.05, 0) is 11.8 Å². The summed E-state index contributed by atoms with van der Waals surface area (Å²) in [5.41, 5.74) is 0.343. The lowest BCUT2D eigenvalue weighted by Crippen LogP contribution is -2.32. The molecule has 1 heteroatoms. The fourth-order valence-electron chi connectivity index (χ4n) is 0.433. The molecule has 0 saturated carbocycles. The normalized spacial score (nSPS) is 14.0. The van der Waals surface area contributed by atoms with Gasteiger partial charge in [-0.25, -0.2) is 0 Å². The summed E-state index contributed by atoms with van der Waals surface area (Å²) in [6.07, 6.45) is 1.18. The Morgan fingerprint density at radius 2 is 1.44 bits per heavy atom. The number of thiol groups is 1. The monoisotopic (exact) mass is 146 g/mol. The molecule has 0 aromatic carbocycles. The average Bonchev–Trinajstić information content (AvgIpc) is 1.64. The molecule has 0 aliphatic rings. The minimum Gasteiger partial charge on any atom is -0.173 e. The standard InChI is InChI=1S/C8H18S/c1-6-7(2,3)8(4,5)9/h9H,6H2,1-5H3. The third-order valence-corrected chi connectivity index (χ3v) is 3.15. The van der Waals surface area contributed by atoms with Crippen molar-refractivity contribution >= 4 is 12.6 Å². The predicted molar refractivity (Wildman–Crippen MR) is 47.1 cm³/mol. The van der Waals surface area contributed by atoms with Crippen LogP contribution in [0.1, 0.15) is 41.0 Å². The first kappa shape index (κ1) is 9.35. The Morgan fingerprint density at radius 1 is 1.11 bits per heavy atom. The summed E-state index contributed by atoms with van der Waals surface area (Å²) in [5.74, 6) is 0. The maximum atomic E-state index is 4.52. The maximum Gasteiger partial charge on any atom is 0.0124 e. The molecule has 0 unspecified atom stereocenters. The Balaban J connectivity index is 4.14. The highest BCUT2D eigenvalue weighted by atomic mass is 32.1. The molecule has 56 valence electrons. The molecule has 9 heavy (non-hydrogen) atoms. The van der Waals surface area contributed by atoms with Crippen LogP contribution >= 0.6 is 12.6 Å². The van der Waals surface area contributed by atoms with Crippen LogP contribution in [0.4, 0.5) is 0 Å². The van der Waals surface area contributed by atoms with E-state index in [4.69, 9.17) is 0 Å². The summed E-state index contributed by atoms with van der Waals surface area (Å²) in [6, 6.07) is 0. The van der Waals surface area contributed by atoms with Gasteiger partial charge in [-0.15, -0.1) is 0 Å². The largest absolute Gasteiger partial charge is 0.173 e. The van der Waals surface area contributed by atoms with E-state index < -0.39 is 0 Å². The lowest BCUT2D eigenvalue weighted by Gasteiger charge is -2.36. The van der Waals surface area contributed by atoms with E-state index in [-0.39, 0.29) is 4.75 Å². The van der Waals surface area contributed by atoms with Crippen LogP contribution in [0.2, 0.25) is 0 Å². The van der Waals surface area contributed by atoms with Crippen molar-refractivity contribution in [1.82, 2.24) is 0 Å². The van der Waals surface area contributed by atoms with E-state index in [1.54, 1.807) is 0 Å². The van der Waals surface area contributed by atoms with Crippen LogP contribution in [-0.4, -0.2) is 4.75 Å². The molecule has 0 atom stereocenters. The van der Waals surface area contributed by atoms with Crippen molar-refractivity contribution in [3.05, 3.63) is 0 Å². The molecule has 0 bridgehead atoms. The third kappa shape index (κ3) is 2.21. The Hall–Kier alpha value is 0.350. The SMILES string of the molecule is CCC(C)(C)C(C)(C)S. The van der Waals surface area contributed by atoms with Gasteiger partial charge in [-0.2, -0.15) is 12.6 Å². The van der Waals surface area contributed by atoms with E-state index in [0.29, 0.717) is 5.41 Å². The lowest BCUT2D eigenvalue weighted by molar-refractivity contribution is 0.274. The molecular weight excluding hydrogens is 128 g/mol. The molecule has 0 radical (unpaired) electrons. The zero-order valence-electron chi connectivity index (χ0n) is 7.15. The van der Waals surface area contributed by atoms with E-state index in [9.17, 15) is 0 Å². The molecule has 0 saturated heterocycles. The van der Waals surface area contributed by atoms with Gasteiger partial charge in [0.2, 0.25) is 0 Å². The molecule has 0 rings (SSSR count). The Bertz CT molecular complexity index is 87.2. The summed E-state index contributed by atoms with van der Waals surface area (Å²) >= 11 is 4.52. The second-order valence-electron chi connectivity index (χ2n) is 3.80. The van der Waals surface area contributed by atoms with Crippen molar-refractivity contribution < 1.29 is 0 Å². The van der Waals surface area contributed by atoms with Gasteiger partial charge >= 0.3 is 0 Å². The average molecular weight is 146 g/mol. The molecule has 0 nitrogen and oxygen atoms in total. The first-order valence-corrected chi connectivity index (χ1v) is 3.98. The Morgan fingerprint density at radius 3 is 1.44 bits per heavy atom. The van der Waals surface area contributed by atoms with E-state index in [1.807, 2.05) is 0 Å². The molecule has 0 heterocycles. The fourth-order valence-corrected chi connectivity index (χ4v) is 0.591. The van der Waals surface area contributed by atoms with Gasteiger partial charge < -0.3 is 0 Å². The van der Waals surface area contributed by atoms with E-state index in [1.165, 1.54) is 6.42 Å². The van der Waals surface area contributed by atoms with Crippen LogP contribution < -0.4 is 0 Å². The van der Waals surface area contributed by atoms with Gasteiger partial charge in [0.25, 0.3) is 0 Å². The predicted octanol–water partition coefficient (Wildman–Crippen LogP) is 3.13. The first-order chi connectivity index (χ1) is 3.81. The van der Waals surface area contributed by atoms with Gasteiger partial charge in [0.05, 0.1) is 0 Å². The smallest absolute Gasteiger partial charge is 0.0124 e. The van der Waals surface area contributed by atoms with E-state index in [0.717, 1.165) is 0 Å². The summed E-state index contributed by atoms with van der Waals surface area (Å²) in [7, 11) is 0. The van der Waals surface area contributed by atoms with Crippen LogP contribution in [0, 0.1) is 5.41 Å². The molecular formula is C8H18S. The second-order valence-corrected chi connectivity index (χ2v) is 4.91. The van der Waals surface area contributed by atoms with Crippen molar-refractivity contribution in [2.24, 2.45) is 5.41 Å². The van der Waals surface area contributed by atoms with Crippen LogP contribution in [0.25, 0.3) is 0 Å². The maximum absolute atomic E-state index is 4.52. The van der Waals surface area contributed by atoms with Gasteiger partial charge in [0.15, 0.2) is 0 Å². The van der Waals surface area contributed by atoms with Crippen LogP contribution in [0.15, 0.2) is 0 Å². The van der Waals surface area contributed by atoms with Gasteiger partial charge in [-0.3, -0.25) is 0 Å². The molecule has 0 amide bonds. The second kappa shape index (κ2) is 2.53. The highest BCUT2D eigenvalue weighted by Gasteiger charge is 2.31. The minimum atomic E-state index is 0.141. The van der Waals surface area contributed by atoms with Crippen molar-refractivity contribution in [2.75, 3.05) is 0 Å². The fraction of sp³-hybridized carbons (Fsp3) is 1.00. The van der Waals surface area contributed by atoms with Gasteiger partial charge in [0, 0.05) is 4.75 Å². The molecule has 0 aliphatic heterocycles. The molecule has 0 aromatic heterocycles. The zero-order chi connectivity index (χ0) is 7.71. The topological polar surface area (TPSA) is 0 Å². The number of hydrogen-bond acceptors (Lipinski definition) is 1. The zero-order valence-corrected chi connectivity index (χ0v) is 8.05. The molecule has 0 aromatic rings.